The number of fused-ring (bicyclic) bond motifs is 1. The van der Waals surface area contributed by atoms with Crippen molar-refractivity contribution in [2.24, 2.45) is 0 Å². The van der Waals surface area contributed by atoms with Crippen LogP contribution >= 0.6 is 11.8 Å². The van der Waals surface area contributed by atoms with Crippen LogP contribution in [0.15, 0.2) is 24.3 Å². The van der Waals surface area contributed by atoms with Crippen LogP contribution in [0, 0.1) is 0 Å². The van der Waals surface area contributed by atoms with Crippen LogP contribution in [0.1, 0.15) is 18.1 Å². The van der Waals surface area contributed by atoms with Gasteiger partial charge in [0.2, 0.25) is 5.91 Å². The average molecular weight is 276 g/mol. The second-order valence-corrected chi connectivity index (χ2v) is 6.51. The highest BCUT2D eigenvalue weighted by molar-refractivity contribution is 7.99. The number of benzene rings is 1. The first-order valence-electron chi connectivity index (χ1n) is 6.94. The predicted molar refractivity (Wildman–Crippen MR) is 79.3 cm³/mol. The zero-order valence-electron chi connectivity index (χ0n) is 11.3. The third-order valence-electron chi connectivity index (χ3n) is 4.03. The first-order chi connectivity index (χ1) is 9.25. The summed E-state index contributed by atoms with van der Waals surface area (Å²) in [5.41, 5.74) is 2.65. The van der Waals surface area contributed by atoms with Crippen LogP contribution in [0.4, 0.5) is 0 Å². The molecule has 0 saturated carbocycles. The van der Waals surface area contributed by atoms with Crippen molar-refractivity contribution in [1.29, 1.82) is 0 Å². The van der Waals surface area contributed by atoms with Gasteiger partial charge in [-0.15, -0.1) is 0 Å². The van der Waals surface area contributed by atoms with Gasteiger partial charge in [-0.3, -0.25) is 4.79 Å². The molecule has 1 aromatic rings. The third-order valence-corrected chi connectivity index (χ3v) is 5.22. The molecule has 2 heterocycles. The van der Waals surface area contributed by atoms with E-state index in [1.165, 1.54) is 11.1 Å². The quantitative estimate of drug-likeness (QED) is 0.847. The number of nitrogens with one attached hydrogen (secondary N) is 1. The number of nitrogens with zero attached hydrogens (tertiary/aromatic N) is 1. The first-order valence-corrected chi connectivity index (χ1v) is 8.09. The number of hydrogen-bond donors (Lipinski definition) is 1. The standard InChI is InChI=1S/C15H20N2OS/c1-11-10-19-7-6-17(11)15(18)14-8-12-4-2-3-5-13(12)9-16-14/h2-5,11,14,16H,6-10H2,1H3. The molecular weight excluding hydrogens is 256 g/mol. The number of thioether (sulfide) groups is 1. The summed E-state index contributed by atoms with van der Waals surface area (Å²) in [6, 6.07) is 8.73. The molecule has 1 saturated heterocycles. The summed E-state index contributed by atoms with van der Waals surface area (Å²) < 4.78 is 0. The van der Waals surface area contributed by atoms with Gasteiger partial charge in [-0.25, -0.2) is 0 Å². The van der Waals surface area contributed by atoms with E-state index in [0.717, 1.165) is 31.0 Å². The van der Waals surface area contributed by atoms with Crippen molar-refractivity contribution in [1.82, 2.24) is 10.2 Å². The molecule has 2 aliphatic heterocycles. The molecule has 3 nitrogen and oxygen atoms in total. The van der Waals surface area contributed by atoms with Crippen LogP contribution < -0.4 is 5.32 Å². The van der Waals surface area contributed by atoms with Gasteiger partial charge in [0.25, 0.3) is 0 Å². The summed E-state index contributed by atoms with van der Waals surface area (Å²) in [6.45, 7) is 3.86. The Balaban J connectivity index is 1.72. The van der Waals surface area contributed by atoms with Gasteiger partial charge in [0.15, 0.2) is 0 Å². The van der Waals surface area contributed by atoms with E-state index in [-0.39, 0.29) is 11.9 Å². The van der Waals surface area contributed by atoms with Gasteiger partial charge in [0, 0.05) is 30.6 Å². The molecule has 1 fully saturated rings. The molecule has 3 rings (SSSR count). The lowest BCUT2D eigenvalue weighted by Crippen LogP contribution is -2.54. The van der Waals surface area contributed by atoms with E-state index in [1.54, 1.807) is 0 Å². The Bertz CT molecular complexity index is 477. The maximum absolute atomic E-state index is 12.6. The summed E-state index contributed by atoms with van der Waals surface area (Å²) in [4.78, 5) is 14.7. The molecule has 2 aliphatic rings. The van der Waals surface area contributed by atoms with Gasteiger partial charge in [-0.1, -0.05) is 24.3 Å². The SMILES string of the molecule is CC1CSCCN1C(=O)C1Cc2ccccc2CN1. The van der Waals surface area contributed by atoms with Crippen molar-refractivity contribution in [3.63, 3.8) is 0 Å². The highest BCUT2D eigenvalue weighted by Gasteiger charge is 2.31. The zero-order chi connectivity index (χ0) is 13.2. The summed E-state index contributed by atoms with van der Waals surface area (Å²) in [5.74, 6) is 2.41. The minimum Gasteiger partial charge on any atom is -0.337 e. The average Bonchev–Trinajstić information content (AvgIpc) is 2.46. The van der Waals surface area contributed by atoms with E-state index in [2.05, 4.69) is 41.4 Å². The van der Waals surface area contributed by atoms with Crippen LogP contribution in [0.2, 0.25) is 0 Å². The van der Waals surface area contributed by atoms with Crippen LogP contribution in [0.3, 0.4) is 0 Å². The summed E-state index contributed by atoms with van der Waals surface area (Å²) in [6.07, 6.45) is 0.825. The van der Waals surface area contributed by atoms with Gasteiger partial charge in [-0.05, 0) is 24.5 Å². The van der Waals surface area contributed by atoms with E-state index in [4.69, 9.17) is 0 Å². The van der Waals surface area contributed by atoms with Gasteiger partial charge in [-0.2, -0.15) is 11.8 Å². The molecule has 19 heavy (non-hydrogen) atoms. The first kappa shape index (κ1) is 13.0. The summed E-state index contributed by atoms with van der Waals surface area (Å²) >= 11 is 1.95. The lowest BCUT2D eigenvalue weighted by molar-refractivity contribution is -0.135. The normalized spacial score (nSPS) is 26.9. The largest absolute Gasteiger partial charge is 0.337 e. The fraction of sp³-hybridized carbons (Fsp3) is 0.533. The lowest BCUT2D eigenvalue weighted by atomic mass is 9.95. The van der Waals surface area contributed by atoms with Crippen molar-refractivity contribution < 1.29 is 4.79 Å². The van der Waals surface area contributed by atoms with Crippen LogP contribution in [0.25, 0.3) is 0 Å². The maximum Gasteiger partial charge on any atom is 0.240 e. The fourth-order valence-corrected chi connectivity index (χ4v) is 3.90. The minimum atomic E-state index is -0.0413. The van der Waals surface area contributed by atoms with Crippen LogP contribution in [-0.4, -0.2) is 40.9 Å². The van der Waals surface area contributed by atoms with Crippen molar-refractivity contribution in [2.75, 3.05) is 18.1 Å². The fourth-order valence-electron chi connectivity index (χ4n) is 2.88. The lowest BCUT2D eigenvalue weighted by Gasteiger charge is -2.37. The molecular formula is C15H20N2OS. The molecule has 4 heteroatoms. The molecule has 1 N–H and O–H groups in total. The molecule has 0 aliphatic carbocycles. The number of carbonyl (C=O) groups excluding carboxylic acids is 1. The smallest absolute Gasteiger partial charge is 0.240 e. The third kappa shape index (κ3) is 2.65. The number of hydrogen-bond acceptors (Lipinski definition) is 3. The van der Waals surface area contributed by atoms with Gasteiger partial charge < -0.3 is 10.2 Å². The number of carbonyl (C=O) groups is 1. The molecule has 2 atom stereocenters. The Hall–Kier alpha value is -1.00. The number of rotatable bonds is 1. The molecule has 2 unspecified atom stereocenters. The van der Waals surface area contributed by atoms with E-state index >= 15 is 0 Å². The summed E-state index contributed by atoms with van der Waals surface area (Å²) in [7, 11) is 0. The van der Waals surface area contributed by atoms with E-state index in [1.807, 2.05) is 11.8 Å². The Kier molecular flexibility index (Phi) is 3.80. The molecule has 0 aromatic heterocycles. The minimum absolute atomic E-state index is 0.0413. The monoisotopic (exact) mass is 276 g/mol. The Morgan fingerprint density at radius 1 is 1.37 bits per heavy atom. The molecule has 0 radical (unpaired) electrons. The summed E-state index contributed by atoms with van der Waals surface area (Å²) in [5, 5.41) is 3.39. The van der Waals surface area contributed by atoms with Gasteiger partial charge in [0.05, 0.1) is 6.04 Å². The maximum atomic E-state index is 12.6. The van der Waals surface area contributed by atoms with Crippen molar-refractivity contribution in [3.05, 3.63) is 35.4 Å². The molecule has 0 spiro atoms. The van der Waals surface area contributed by atoms with Crippen molar-refractivity contribution in [2.45, 2.75) is 32.0 Å². The van der Waals surface area contributed by atoms with Crippen LogP contribution in [-0.2, 0) is 17.8 Å². The molecule has 1 amide bonds. The Morgan fingerprint density at radius 3 is 2.95 bits per heavy atom. The Morgan fingerprint density at radius 2 is 2.16 bits per heavy atom. The Labute approximate surface area is 118 Å². The zero-order valence-corrected chi connectivity index (χ0v) is 12.1. The highest BCUT2D eigenvalue weighted by Crippen LogP contribution is 2.21. The van der Waals surface area contributed by atoms with Gasteiger partial charge >= 0.3 is 0 Å². The van der Waals surface area contributed by atoms with E-state index < -0.39 is 0 Å². The van der Waals surface area contributed by atoms with Crippen molar-refractivity contribution in [3.8, 4) is 0 Å². The highest BCUT2D eigenvalue weighted by atomic mass is 32.2. The second-order valence-electron chi connectivity index (χ2n) is 5.36. The number of amides is 1. The van der Waals surface area contributed by atoms with E-state index in [9.17, 15) is 4.79 Å². The molecule has 1 aromatic carbocycles. The topological polar surface area (TPSA) is 32.3 Å². The van der Waals surface area contributed by atoms with Crippen LogP contribution in [0.5, 0.6) is 0 Å². The van der Waals surface area contributed by atoms with Gasteiger partial charge in [0.1, 0.15) is 0 Å². The predicted octanol–water partition coefficient (Wildman–Crippen LogP) is 1.66. The van der Waals surface area contributed by atoms with E-state index in [0.29, 0.717) is 6.04 Å². The molecule has 0 bridgehead atoms. The second kappa shape index (κ2) is 5.55. The van der Waals surface area contributed by atoms with Crippen molar-refractivity contribution >= 4 is 17.7 Å². The molecule has 102 valence electrons.